The lowest BCUT2D eigenvalue weighted by atomic mass is 10.1. The molecular weight excluding hydrogens is 350 g/mol. The van der Waals surface area contributed by atoms with E-state index < -0.39 is 5.97 Å². The summed E-state index contributed by atoms with van der Waals surface area (Å²) in [6.45, 7) is 2.06. The van der Waals surface area contributed by atoms with Crippen LogP contribution in [0, 0.1) is 6.92 Å². The fourth-order valence-corrected chi connectivity index (χ4v) is 3.66. The number of benzene rings is 2. The SMILES string of the molecule is COC(=O)c1cc2c([nH]c3c(C)cccc32)c(-c2ccc3ccccc3n2)n1. The predicted octanol–water partition coefficient (Wildman–Crippen LogP) is 5.03. The topological polar surface area (TPSA) is 67.9 Å². The Morgan fingerprint density at radius 2 is 1.79 bits per heavy atom. The Bertz CT molecular complexity index is 1390. The third-order valence-electron chi connectivity index (χ3n) is 5.07. The Labute approximate surface area is 161 Å². The van der Waals surface area contributed by atoms with Gasteiger partial charge in [0.15, 0.2) is 0 Å². The third-order valence-corrected chi connectivity index (χ3v) is 5.07. The van der Waals surface area contributed by atoms with Gasteiger partial charge in [-0.15, -0.1) is 0 Å². The van der Waals surface area contributed by atoms with E-state index in [9.17, 15) is 4.79 Å². The average Bonchev–Trinajstić information content (AvgIpc) is 3.12. The first-order valence-electron chi connectivity index (χ1n) is 9.02. The molecule has 0 aliphatic carbocycles. The van der Waals surface area contributed by atoms with Crippen molar-refractivity contribution in [2.75, 3.05) is 7.11 Å². The second kappa shape index (κ2) is 6.16. The number of pyridine rings is 2. The fraction of sp³-hybridized carbons (Fsp3) is 0.0870. The number of hydrogen-bond acceptors (Lipinski definition) is 4. The number of para-hydroxylation sites is 2. The molecule has 1 N–H and O–H groups in total. The highest BCUT2D eigenvalue weighted by Gasteiger charge is 2.18. The number of aryl methyl sites for hydroxylation is 1. The van der Waals surface area contributed by atoms with Crippen LogP contribution in [0.4, 0.5) is 0 Å². The fourth-order valence-electron chi connectivity index (χ4n) is 3.66. The maximum absolute atomic E-state index is 12.3. The number of ether oxygens (including phenoxy) is 1. The summed E-state index contributed by atoms with van der Waals surface area (Å²) in [4.78, 5) is 25.1. The van der Waals surface area contributed by atoms with Gasteiger partial charge in [0.1, 0.15) is 11.4 Å². The van der Waals surface area contributed by atoms with E-state index in [1.165, 1.54) is 7.11 Å². The van der Waals surface area contributed by atoms with Crippen molar-refractivity contribution in [1.29, 1.82) is 0 Å². The molecule has 0 bridgehead atoms. The highest BCUT2D eigenvalue weighted by atomic mass is 16.5. The number of hydrogen-bond donors (Lipinski definition) is 1. The van der Waals surface area contributed by atoms with Crippen molar-refractivity contribution in [1.82, 2.24) is 15.0 Å². The molecule has 0 spiro atoms. The molecule has 5 nitrogen and oxygen atoms in total. The average molecular weight is 367 g/mol. The minimum absolute atomic E-state index is 0.266. The quantitative estimate of drug-likeness (QED) is 0.445. The van der Waals surface area contributed by atoms with Crippen molar-refractivity contribution in [2.24, 2.45) is 0 Å². The number of aromatic nitrogens is 3. The lowest BCUT2D eigenvalue weighted by Gasteiger charge is -2.07. The van der Waals surface area contributed by atoms with E-state index >= 15 is 0 Å². The van der Waals surface area contributed by atoms with Crippen molar-refractivity contribution in [3.05, 3.63) is 71.9 Å². The first-order chi connectivity index (χ1) is 13.7. The van der Waals surface area contributed by atoms with E-state index in [2.05, 4.69) is 23.0 Å². The van der Waals surface area contributed by atoms with Gasteiger partial charge >= 0.3 is 5.97 Å². The molecule has 0 radical (unpaired) electrons. The van der Waals surface area contributed by atoms with Gasteiger partial charge in [-0.3, -0.25) is 0 Å². The van der Waals surface area contributed by atoms with Crippen LogP contribution in [0.15, 0.2) is 60.7 Å². The zero-order valence-electron chi connectivity index (χ0n) is 15.5. The number of nitrogens with zero attached hydrogens (tertiary/aromatic N) is 2. The Morgan fingerprint density at radius 1 is 0.929 bits per heavy atom. The summed E-state index contributed by atoms with van der Waals surface area (Å²) in [6, 6.07) is 19.8. The van der Waals surface area contributed by atoms with Crippen LogP contribution in [0.5, 0.6) is 0 Å². The van der Waals surface area contributed by atoms with Gasteiger partial charge in [0.05, 0.1) is 23.8 Å². The van der Waals surface area contributed by atoms with Crippen LogP contribution in [0.1, 0.15) is 16.1 Å². The van der Waals surface area contributed by atoms with E-state index in [0.29, 0.717) is 11.4 Å². The molecule has 3 aromatic heterocycles. The van der Waals surface area contributed by atoms with Crippen LogP contribution >= 0.6 is 0 Å². The van der Waals surface area contributed by atoms with Gasteiger partial charge in [-0.1, -0.05) is 42.5 Å². The standard InChI is InChI=1S/C23H17N3O2/c1-13-6-5-8-15-16-12-19(23(27)28-2)25-22(21(16)26-20(13)15)18-11-10-14-7-3-4-9-17(14)24-18/h3-12,26H,1-2H3. The largest absolute Gasteiger partial charge is 0.464 e. The second-order valence-electron chi connectivity index (χ2n) is 6.78. The maximum atomic E-state index is 12.3. The van der Waals surface area contributed by atoms with E-state index in [4.69, 9.17) is 9.72 Å². The summed E-state index contributed by atoms with van der Waals surface area (Å²) in [5.74, 6) is -0.467. The van der Waals surface area contributed by atoms with Gasteiger partial charge in [-0.2, -0.15) is 0 Å². The van der Waals surface area contributed by atoms with E-state index in [1.807, 2.05) is 48.5 Å². The molecule has 0 saturated carbocycles. The van der Waals surface area contributed by atoms with Crippen molar-refractivity contribution in [2.45, 2.75) is 6.92 Å². The summed E-state index contributed by atoms with van der Waals surface area (Å²) >= 11 is 0. The first-order valence-corrected chi connectivity index (χ1v) is 9.02. The Balaban J connectivity index is 1.88. The summed E-state index contributed by atoms with van der Waals surface area (Å²) in [5, 5.41) is 3.03. The van der Waals surface area contributed by atoms with Crippen molar-refractivity contribution in [3.63, 3.8) is 0 Å². The van der Waals surface area contributed by atoms with Crippen LogP contribution < -0.4 is 0 Å². The number of carbonyl (C=O) groups is 1. The molecule has 5 aromatic rings. The molecule has 2 aromatic carbocycles. The number of esters is 1. The number of H-pyrrole nitrogens is 1. The Morgan fingerprint density at radius 3 is 2.64 bits per heavy atom. The Kier molecular flexibility index (Phi) is 3.62. The van der Waals surface area contributed by atoms with Crippen LogP contribution in [0.2, 0.25) is 0 Å². The van der Waals surface area contributed by atoms with Crippen molar-refractivity contribution in [3.8, 4) is 11.4 Å². The lowest BCUT2D eigenvalue weighted by molar-refractivity contribution is 0.0594. The minimum Gasteiger partial charge on any atom is -0.464 e. The number of nitrogens with one attached hydrogen (secondary N) is 1. The van der Waals surface area contributed by atoms with Crippen LogP contribution in [0.3, 0.4) is 0 Å². The molecule has 28 heavy (non-hydrogen) atoms. The smallest absolute Gasteiger partial charge is 0.356 e. The van der Waals surface area contributed by atoms with Gasteiger partial charge in [0.25, 0.3) is 0 Å². The molecular formula is C23H17N3O2. The number of methoxy groups -OCH3 is 1. The molecule has 0 amide bonds. The van der Waals surface area contributed by atoms with Crippen molar-refractivity contribution >= 4 is 38.7 Å². The third kappa shape index (κ3) is 2.44. The molecule has 5 heteroatoms. The zero-order valence-corrected chi connectivity index (χ0v) is 15.5. The van der Waals surface area contributed by atoms with Crippen LogP contribution in [-0.2, 0) is 4.74 Å². The van der Waals surface area contributed by atoms with Crippen LogP contribution in [0.25, 0.3) is 44.1 Å². The highest BCUT2D eigenvalue weighted by molar-refractivity contribution is 6.13. The number of carbonyl (C=O) groups excluding carboxylic acids is 1. The predicted molar refractivity (Wildman–Crippen MR) is 110 cm³/mol. The molecule has 5 rings (SSSR count). The highest BCUT2D eigenvalue weighted by Crippen LogP contribution is 2.33. The van der Waals surface area contributed by atoms with Gasteiger partial charge < -0.3 is 9.72 Å². The van der Waals surface area contributed by atoms with Gasteiger partial charge in [0.2, 0.25) is 0 Å². The summed E-state index contributed by atoms with van der Waals surface area (Å²) in [6.07, 6.45) is 0. The zero-order chi connectivity index (χ0) is 19.3. The van der Waals surface area contributed by atoms with Crippen molar-refractivity contribution < 1.29 is 9.53 Å². The van der Waals surface area contributed by atoms with Gasteiger partial charge in [-0.05, 0) is 30.7 Å². The number of aromatic amines is 1. The molecule has 0 aliphatic rings. The summed E-state index contributed by atoms with van der Waals surface area (Å²) < 4.78 is 4.93. The monoisotopic (exact) mass is 367 g/mol. The molecule has 0 unspecified atom stereocenters. The molecule has 136 valence electrons. The molecule has 0 saturated heterocycles. The molecule has 0 aliphatic heterocycles. The summed E-state index contributed by atoms with van der Waals surface area (Å²) in [7, 11) is 1.36. The Hall–Kier alpha value is -3.73. The van der Waals surface area contributed by atoms with E-state index in [0.717, 1.165) is 38.3 Å². The van der Waals surface area contributed by atoms with Gasteiger partial charge in [0, 0.05) is 21.7 Å². The van der Waals surface area contributed by atoms with E-state index in [1.54, 1.807) is 6.07 Å². The summed E-state index contributed by atoms with van der Waals surface area (Å²) in [5.41, 5.74) is 5.51. The van der Waals surface area contributed by atoms with Crippen LogP contribution in [-0.4, -0.2) is 28.0 Å². The minimum atomic E-state index is -0.467. The van der Waals surface area contributed by atoms with Gasteiger partial charge in [-0.25, -0.2) is 14.8 Å². The second-order valence-corrected chi connectivity index (χ2v) is 6.78. The number of rotatable bonds is 2. The first kappa shape index (κ1) is 16.4. The molecule has 0 atom stereocenters. The van der Waals surface area contributed by atoms with E-state index in [-0.39, 0.29) is 5.69 Å². The molecule has 0 fully saturated rings. The lowest BCUT2D eigenvalue weighted by Crippen LogP contribution is -2.05. The molecule has 3 heterocycles. The number of fused-ring (bicyclic) bond motifs is 4. The normalized spacial score (nSPS) is 11.4. The maximum Gasteiger partial charge on any atom is 0.356 e.